The van der Waals surface area contributed by atoms with E-state index in [0.717, 1.165) is 5.56 Å². The summed E-state index contributed by atoms with van der Waals surface area (Å²) in [6.45, 7) is 1.73. The summed E-state index contributed by atoms with van der Waals surface area (Å²) in [6.07, 6.45) is 3.03. The molecule has 0 amide bonds. The first-order valence-electron chi connectivity index (χ1n) is 9.72. The molecule has 0 saturated heterocycles. The Labute approximate surface area is 179 Å². The molecule has 3 aromatic carbocycles. The molecule has 5 nitrogen and oxygen atoms in total. The Bertz CT molecular complexity index is 1330. The highest BCUT2D eigenvalue weighted by molar-refractivity contribution is 5.90. The first kappa shape index (κ1) is 20.2. The summed E-state index contributed by atoms with van der Waals surface area (Å²) < 4.78 is 16.7. The second-order valence-electron chi connectivity index (χ2n) is 6.89. The van der Waals surface area contributed by atoms with Gasteiger partial charge in [0.05, 0.1) is 18.1 Å². The topological polar surface area (TPSA) is 65.7 Å². The van der Waals surface area contributed by atoms with Crippen molar-refractivity contribution in [2.45, 2.75) is 6.92 Å². The van der Waals surface area contributed by atoms with Crippen LogP contribution < -0.4 is 14.9 Å². The molecule has 1 heterocycles. The van der Waals surface area contributed by atoms with Crippen molar-refractivity contribution >= 4 is 23.0 Å². The minimum absolute atomic E-state index is 0.176. The van der Waals surface area contributed by atoms with Crippen molar-refractivity contribution in [1.29, 1.82) is 0 Å². The lowest BCUT2D eigenvalue weighted by Crippen LogP contribution is -2.09. The Balaban J connectivity index is 1.65. The third kappa shape index (κ3) is 4.26. The van der Waals surface area contributed by atoms with Gasteiger partial charge in [0.1, 0.15) is 22.8 Å². The largest absolute Gasteiger partial charge is 0.496 e. The summed E-state index contributed by atoms with van der Waals surface area (Å²) in [7, 11) is 1.56. The SMILES string of the molecule is COc1ccccc1-c1c(C)oc2cc(OC(=O)C=Cc3ccccc3)ccc2c1=O. The van der Waals surface area contributed by atoms with Gasteiger partial charge in [-0.25, -0.2) is 4.79 Å². The Hall–Kier alpha value is -4.12. The van der Waals surface area contributed by atoms with Gasteiger partial charge in [0.25, 0.3) is 0 Å². The van der Waals surface area contributed by atoms with Crippen molar-refractivity contribution in [3.63, 3.8) is 0 Å². The van der Waals surface area contributed by atoms with E-state index < -0.39 is 5.97 Å². The number of aryl methyl sites for hydroxylation is 1. The molecule has 4 rings (SSSR count). The molecule has 4 aromatic rings. The Morgan fingerprint density at radius 2 is 1.71 bits per heavy atom. The molecule has 0 spiro atoms. The highest BCUT2D eigenvalue weighted by atomic mass is 16.5. The predicted octanol–water partition coefficient (Wildman–Crippen LogP) is 5.40. The van der Waals surface area contributed by atoms with Crippen LogP contribution in [0.25, 0.3) is 28.2 Å². The first-order valence-corrected chi connectivity index (χ1v) is 9.72. The normalized spacial score (nSPS) is 11.0. The lowest BCUT2D eigenvalue weighted by molar-refractivity contribution is -0.128. The Kier molecular flexibility index (Phi) is 5.67. The van der Waals surface area contributed by atoms with Crippen molar-refractivity contribution in [2.24, 2.45) is 0 Å². The maximum atomic E-state index is 13.2. The minimum atomic E-state index is -0.520. The van der Waals surface area contributed by atoms with Gasteiger partial charge in [0, 0.05) is 17.7 Å². The summed E-state index contributed by atoms with van der Waals surface area (Å²) in [5.41, 5.74) is 2.17. The zero-order valence-corrected chi connectivity index (χ0v) is 17.1. The van der Waals surface area contributed by atoms with Crippen LogP contribution in [-0.2, 0) is 4.79 Å². The minimum Gasteiger partial charge on any atom is -0.496 e. The van der Waals surface area contributed by atoms with Crippen molar-refractivity contribution in [2.75, 3.05) is 7.11 Å². The smallest absolute Gasteiger partial charge is 0.336 e. The van der Waals surface area contributed by atoms with Crippen LogP contribution in [0.4, 0.5) is 0 Å². The number of esters is 1. The van der Waals surface area contributed by atoms with E-state index in [0.29, 0.717) is 39.4 Å². The molecule has 5 heteroatoms. The van der Waals surface area contributed by atoms with Gasteiger partial charge in [-0.3, -0.25) is 4.79 Å². The molecule has 0 aliphatic heterocycles. The van der Waals surface area contributed by atoms with Gasteiger partial charge in [-0.1, -0.05) is 48.5 Å². The maximum absolute atomic E-state index is 13.2. The van der Waals surface area contributed by atoms with Gasteiger partial charge in [0.15, 0.2) is 0 Å². The third-order valence-corrected chi connectivity index (χ3v) is 4.85. The Morgan fingerprint density at radius 3 is 2.48 bits per heavy atom. The zero-order chi connectivity index (χ0) is 21.8. The van der Waals surface area contributed by atoms with Crippen LogP contribution in [0.5, 0.6) is 11.5 Å². The molecule has 0 aliphatic rings. The van der Waals surface area contributed by atoms with E-state index in [-0.39, 0.29) is 5.43 Å². The van der Waals surface area contributed by atoms with Crippen molar-refractivity contribution in [3.05, 3.63) is 100 Å². The van der Waals surface area contributed by atoms with Crippen molar-refractivity contribution in [3.8, 4) is 22.6 Å². The molecule has 31 heavy (non-hydrogen) atoms. The van der Waals surface area contributed by atoms with Crippen LogP contribution in [0, 0.1) is 6.92 Å². The molecule has 0 unspecified atom stereocenters. The van der Waals surface area contributed by atoms with E-state index in [9.17, 15) is 9.59 Å². The number of benzene rings is 3. The summed E-state index contributed by atoms with van der Waals surface area (Å²) in [5, 5.41) is 0.395. The van der Waals surface area contributed by atoms with Crippen LogP contribution in [-0.4, -0.2) is 13.1 Å². The van der Waals surface area contributed by atoms with Crippen molar-refractivity contribution < 1.29 is 18.7 Å². The predicted molar refractivity (Wildman–Crippen MR) is 120 cm³/mol. The van der Waals surface area contributed by atoms with E-state index in [1.165, 1.54) is 6.08 Å². The Morgan fingerprint density at radius 1 is 0.968 bits per heavy atom. The standard InChI is InChI=1S/C26H20O5/c1-17-25(20-10-6-7-11-22(20)29-2)26(28)21-14-13-19(16-23(21)30-17)31-24(27)15-12-18-8-4-3-5-9-18/h3-16H,1-2H3. The van der Waals surface area contributed by atoms with Gasteiger partial charge in [0.2, 0.25) is 5.43 Å². The van der Waals surface area contributed by atoms with Crippen LogP contribution >= 0.6 is 0 Å². The molecule has 0 bridgehead atoms. The lowest BCUT2D eigenvalue weighted by atomic mass is 10.0. The number of carbonyl (C=O) groups excluding carboxylic acids is 1. The highest BCUT2D eigenvalue weighted by Crippen LogP contribution is 2.32. The number of rotatable bonds is 5. The fraction of sp³-hybridized carbons (Fsp3) is 0.0769. The van der Waals surface area contributed by atoms with E-state index in [1.807, 2.05) is 48.5 Å². The fourth-order valence-electron chi connectivity index (χ4n) is 3.39. The average Bonchev–Trinajstić information content (AvgIpc) is 2.78. The number of hydrogen-bond donors (Lipinski definition) is 0. The van der Waals surface area contributed by atoms with E-state index >= 15 is 0 Å². The summed E-state index contributed by atoms with van der Waals surface area (Å²) in [5.74, 6) is 0.818. The molecule has 154 valence electrons. The second-order valence-corrected chi connectivity index (χ2v) is 6.89. The summed E-state index contributed by atoms with van der Waals surface area (Å²) in [6, 6.07) is 21.5. The van der Waals surface area contributed by atoms with Gasteiger partial charge in [-0.05, 0) is 36.8 Å². The van der Waals surface area contributed by atoms with Gasteiger partial charge < -0.3 is 13.9 Å². The average molecular weight is 412 g/mol. The summed E-state index contributed by atoms with van der Waals surface area (Å²) in [4.78, 5) is 25.3. The molecular weight excluding hydrogens is 392 g/mol. The van der Waals surface area contributed by atoms with Gasteiger partial charge in [-0.2, -0.15) is 0 Å². The number of ether oxygens (including phenoxy) is 2. The van der Waals surface area contributed by atoms with Gasteiger partial charge in [-0.15, -0.1) is 0 Å². The monoisotopic (exact) mass is 412 g/mol. The first-order chi connectivity index (χ1) is 15.1. The lowest BCUT2D eigenvalue weighted by Gasteiger charge is -2.11. The van der Waals surface area contributed by atoms with Crippen molar-refractivity contribution in [1.82, 2.24) is 0 Å². The molecule has 0 atom stereocenters. The maximum Gasteiger partial charge on any atom is 0.336 e. The van der Waals surface area contributed by atoms with Gasteiger partial charge >= 0.3 is 5.97 Å². The van der Waals surface area contributed by atoms with Crippen LogP contribution in [0.2, 0.25) is 0 Å². The zero-order valence-electron chi connectivity index (χ0n) is 17.1. The number of para-hydroxylation sites is 1. The van der Waals surface area contributed by atoms with E-state index in [2.05, 4.69) is 0 Å². The molecule has 0 fully saturated rings. The molecular formula is C26H20O5. The third-order valence-electron chi connectivity index (χ3n) is 4.85. The number of hydrogen-bond acceptors (Lipinski definition) is 5. The summed E-state index contributed by atoms with van der Waals surface area (Å²) >= 11 is 0. The van der Waals surface area contributed by atoms with E-state index in [1.54, 1.807) is 44.4 Å². The quantitative estimate of drug-likeness (QED) is 0.250. The number of methoxy groups -OCH3 is 1. The van der Waals surface area contributed by atoms with Crippen LogP contribution in [0.3, 0.4) is 0 Å². The molecule has 0 radical (unpaired) electrons. The second kappa shape index (κ2) is 8.71. The van der Waals surface area contributed by atoms with E-state index in [4.69, 9.17) is 13.9 Å². The molecule has 1 aromatic heterocycles. The fourth-order valence-corrected chi connectivity index (χ4v) is 3.39. The number of fused-ring (bicyclic) bond motifs is 1. The molecule has 0 saturated carbocycles. The number of carbonyl (C=O) groups is 1. The van der Waals surface area contributed by atoms with Crippen LogP contribution in [0.1, 0.15) is 11.3 Å². The molecule has 0 N–H and O–H groups in total. The highest BCUT2D eigenvalue weighted by Gasteiger charge is 2.17. The molecule has 0 aliphatic carbocycles. The van der Waals surface area contributed by atoms with Crippen LogP contribution in [0.15, 0.2) is 88.1 Å².